The number of halogens is 3. The highest BCUT2D eigenvalue weighted by atomic mass is 35.5. The first-order valence-corrected chi connectivity index (χ1v) is 7.89. The van der Waals surface area contributed by atoms with Crippen LogP contribution in [0.3, 0.4) is 0 Å². The van der Waals surface area contributed by atoms with Gasteiger partial charge in [-0.1, -0.05) is 25.4 Å². The Bertz CT molecular complexity index is 655. The highest BCUT2D eigenvalue weighted by molar-refractivity contribution is 6.31. The lowest BCUT2D eigenvalue weighted by molar-refractivity contribution is -0.137. The first-order chi connectivity index (χ1) is 11.5. The number of aliphatic hydroxyl groups is 2. The van der Waals surface area contributed by atoms with Gasteiger partial charge in [-0.3, -0.25) is 9.59 Å². The molecule has 9 heteroatoms. The van der Waals surface area contributed by atoms with E-state index in [-0.39, 0.29) is 11.6 Å². The van der Waals surface area contributed by atoms with E-state index >= 15 is 0 Å². The molecule has 1 aromatic rings. The van der Waals surface area contributed by atoms with Crippen LogP contribution in [0.4, 0.5) is 8.78 Å². The molecule has 0 fully saturated rings. The first kappa shape index (κ1) is 21.3. The van der Waals surface area contributed by atoms with Crippen LogP contribution in [0.1, 0.15) is 31.1 Å². The molecule has 4 N–H and O–H groups in total. The van der Waals surface area contributed by atoms with Crippen LogP contribution < -0.4 is 10.6 Å². The van der Waals surface area contributed by atoms with Crippen LogP contribution >= 0.6 is 11.6 Å². The second-order valence-corrected chi connectivity index (χ2v) is 6.82. The van der Waals surface area contributed by atoms with E-state index in [4.69, 9.17) is 16.7 Å². The molecule has 1 unspecified atom stereocenters. The number of aliphatic hydroxyl groups excluding tert-OH is 2. The zero-order valence-electron chi connectivity index (χ0n) is 14.1. The van der Waals surface area contributed by atoms with Crippen LogP contribution in [0.5, 0.6) is 0 Å². The van der Waals surface area contributed by atoms with Crippen molar-refractivity contribution >= 4 is 23.4 Å². The molecule has 2 amide bonds. The van der Waals surface area contributed by atoms with Gasteiger partial charge in [-0.2, -0.15) is 0 Å². The van der Waals surface area contributed by atoms with Gasteiger partial charge in [0.15, 0.2) is 0 Å². The normalized spacial score (nSPS) is 13.9. The zero-order valence-corrected chi connectivity index (χ0v) is 14.8. The molecule has 1 rings (SSSR count). The van der Waals surface area contributed by atoms with Gasteiger partial charge < -0.3 is 20.8 Å². The van der Waals surface area contributed by atoms with Gasteiger partial charge in [-0.25, -0.2) is 8.78 Å². The summed E-state index contributed by atoms with van der Waals surface area (Å²) in [5, 5.41) is 23.4. The molecule has 0 bridgehead atoms. The maximum absolute atomic E-state index is 13.6. The predicted molar refractivity (Wildman–Crippen MR) is 88.2 cm³/mol. The summed E-state index contributed by atoms with van der Waals surface area (Å²) in [6, 6.07) is 0.779. The second kappa shape index (κ2) is 8.55. The summed E-state index contributed by atoms with van der Waals surface area (Å²) in [7, 11) is 0. The zero-order chi connectivity index (χ0) is 19.4. The Hall–Kier alpha value is -1.77. The Balaban J connectivity index is 2.63. The molecule has 0 saturated heterocycles. The van der Waals surface area contributed by atoms with E-state index in [1.165, 1.54) is 13.8 Å². The lowest BCUT2D eigenvalue weighted by Crippen LogP contribution is -2.49. The molecular formula is C16H21ClF2N2O4. The van der Waals surface area contributed by atoms with E-state index in [0.29, 0.717) is 6.07 Å². The SMILES string of the molecule is CC(CNC(=O)[C@H](O)C(C)(C)CO)NC(=O)c1cc(Cl)c(F)cc1F. The van der Waals surface area contributed by atoms with Crippen LogP contribution in [0.25, 0.3) is 0 Å². The maximum Gasteiger partial charge on any atom is 0.254 e. The van der Waals surface area contributed by atoms with Crippen LogP contribution in [0.2, 0.25) is 5.02 Å². The van der Waals surface area contributed by atoms with Crippen molar-refractivity contribution in [3.63, 3.8) is 0 Å². The minimum atomic E-state index is -1.44. The summed E-state index contributed by atoms with van der Waals surface area (Å²) in [5.41, 5.74) is -1.45. The number of benzene rings is 1. The van der Waals surface area contributed by atoms with Crippen molar-refractivity contribution in [2.24, 2.45) is 5.41 Å². The number of hydrogen-bond acceptors (Lipinski definition) is 4. The van der Waals surface area contributed by atoms with Crippen LogP contribution in [-0.2, 0) is 4.79 Å². The third kappa shape index (κ3) is 5.62. The van der Waals surface area contributed by atoms with Crippen molar-refractivity contribution in [2.75, 3.05) is 13.2 Å². The molecule has 0 aromatic heterocycles. The van der Waals surface area contributed by atoms with E-state index in [9.17, 15) is 23.5 Å². The number of amides is 2. The number of nitrogens with one attached hydrogen (secondary N) is 2. The molecule has 0 aliphatic rings. The van der Waals surface area contributed by atoms with Gasteiger partial charge in [0, 0.05) is 24.1 Å². The molecular weight excluding hydrogens is 358 g/mol. The first-order valence-electron chi connectivity index (χ1n) is 7.51. The molecule has 0 saturated carbocycles. The third-order valence-electron chi connectivity index (χ3n) is 3.61. The lowest BCUT2D eigenvalue weighted by Gasteiger charge is -2.27. The highest BCUT2D eigenvalue weighted by Gasteiger charge is 2.33. The Morgan fingerprint density at radius 3 is 2.44 bits per heavy atom. The van der Waals surface area contributed by atoms with E-state index < -0.39 is 53.2 Å². The lowest BCUT2D eigenvalue weighted by atomic mass is 9.87. The average Bonchev–Trinajstić information content (AvgIpc) is 2.54. The van der Waals surface area contributed by atoms with Crippen molar-refractivity contribution in [3.05, 3.63) is 34.4 Å². The molecule has 0 aliphatic carbocycles. The standard InChI is InChI=1S/C16H21ClF2N2O4/c1-8(6-20-15(25)13(23)16(2,3)7-22)21-14(24)9-4-10(17)12(19)5-11(9)18/h4-5,8,13,22-23H,6-7H2,1-3H3,(H,20,25)(H,21,24)/t8?,13-/m0/s1. The van der Waals surface area contributed by atoms with Gasteiger partial charge >= 0.3 is 0 Å². The molecule has 0 heterocycles. The molecule has 140 valence electrons. The van der Waals surface area contributed by atoms with E-state index in [1.807, 2.05) is 0 Å². The third-order valence-corrected chi connectivity index (χ3v) is 3.90. The monoisotopic (exact) mass is 378 g/mol. The van der Waals surface area contributed by atoms with Crippen LogP contribution in [0, 0.1) is 17.0 Å². The van der Waals surface area contributed by atoms with Gasteiger partial charge in [-0.15, -0.1) is 0 Å². The van der Waals surface area contributed by atoms with Crippen molar-refractivity contribution in [1.29, 1.82) is 0 Å². The Labute approximate surface area is 149 Å². The quantitative estimate of drug-likeness (QED) is 0.536. The van der Waals surface area contributed by atoms with Crippen molar-refractivity contribution in [3.8, 4) is 0 Å². The number of carbonyl (C=O) groups excluding carboxylic acids is 2. The van der Waals surface area contributed by atoms with Crippen molar-refractivity contribution in [2.45, 2.75) is 32.9 Å². The van der Waals surface area contributed by atoms with Gasteiger partial charge in [0.1, 0.15) is 17.7 Å². The number of hydrogen-bond donors (Lipinski definition) is 4. The van der Waals surface area contributed by atoms with Crippen molar-refractivity contribution in [1.82, 2.24) is 10.6 Å². The van der Waals surface area contributed by atoms with Gasteiger partial charge in [0.25, 0.3) is 5.91 Å². The molecule has 0 aliphatic heterocycles. The fraction of sp³-hybridized carbons (Fsp3) is 0.500. The summed E-state index contributed by atoms with van der Waals surface area (Å²) >= 11 is 5.53. The fourth-order valence-corrected chi connectivity index (χ4v) is 2.00. The summed E-state index contributed by atoms with van der Waals surface area (Å²) in [6.07, 6.45) is -1.44. The molecule has 2 atom stereocenters. The second-order valence-electron chi connectivity index (χ2n) is 6.42. The predicted octanol–water partition coefficient (Wildman–Crippen LogP) is 1.23. The fourth-order valence-electron chi connectivity index (χ4n) is 1.84. The van der Waals surface area contributed by atoms with Gasteiger partial charge in [0.2, 0.25) is 5.91 Å². The summed E-state index contributed by atoms with van der Waals surface area (Å²) in [6.45, 7) is 4.15. The number of rotatable bonds is 7. The Morgan fingerprint density at radius 1 is 1.28 bits per heavy atom. The average molecular weight is 379 g/mol. The minimum Gasteiger partial charge on any atom is -0.396 e. The molecule has 0 spiro atoms. The molecule has 1 aromatic carbocycles. The largest absolute Gasteiger partial charge is 0.396 e. The molecule has 0 radical (unpaired) electrons. The topological polar surface area (TPSA) is 98.7 Å². The van der Waals surface area contributed by atoms with Crippen LogP contribution in [-0.4, -0.2) is 47.3 Å². The minimum absolute atomic E-state index is 0.0420. The summed E-state index contributed by atoms with van der Waals surface area (Å²) in [5.74, 6) is -3.57. The van der Waals surface area contributed by atoms with E-state index in [0.717, 1.165) is 6.07 Å². The Morgan fingerprint density at radius 2 is 1.88 bits per heavy atom. The Kier molecular flexibility index (Phi) is 7.28. The van der Waals surface area contributed by atoms with E-state index in [1.54, 1.807) is 6.92 Å². The highest BCUT2D eigenvalue weighted by Crippen LogP contribution is 2.20. The maximum atomic E-state index is 13.6. The van der Waals surface area contributed by atoms with Crippen LogP contribution in [0.15, 0.2) is 12.1 Å². The van der Waals surface area contributed by atoms with Gasteiger partial charge in [-0.05, 0) is 13.0 Å². The molecule has 6 nitrogen and oxygen atoms in total. The molecule has 25 heavy (non-hydrogen) atoms. The summed E-state index contributed by atoms with van der Waals surface area (Å²) in [4.78, 5) is 23.8. The smallest absolute Gasteiger partial charge is 0.254 e. The van der Waals surface area contributed by atoms with Crippen molar-refractivity contribution < 1.29 is 28.6 Å². The summed E-state index contributed by atoms with van der Waals surface area (Å²) < 4.78 is 26.7. The van der Waals surface area contributed by atoms with Gasteiger partial charge in [0.05, 0.1) is 17.2 Å². The number of carbonyl (C=O) groups is 2. The van der Waals surface area contributed by atoms with E-state index in [2.05, 4.69) is 10.6 Å².